The fourth-order valence-corrected chi connectivity index (χ4v) is 3.47. The van der Waals surface area contributed by atoms with Gasteiger partial charge >= 0.3 is 0 Å². The number of hydrogen-bond acceptors (Lipinski definition) is 7. The Morgan fingerprint density at radius 2 is 1.33 bits per heavy atom. The molecule has 0 radical (unpaired) electrons. The van der Waals surface area contributed by atoms with Gasteiger partial charge in [0.15, 0.2) is 10.2 Å². The third-order valence-corrected chi connectivity index (χ3v) is 5.60. The molecule has 2 fully saturated rings. The normalized spacial score (nSPS) is 18.9. The summed E-state index contributed by atoms with van der Waals surface area (Å²) in [4.78, 5) is 4.84. The van der Waals surface area contributed by atoms with E-state index < -0.39 is 0 Å². The zero-order valence-electron chi connectivity index (χ0n) is 18.2. The largest absolute Gasteiger partial charge is 0.379 e. The standard InChI is InChI=1S/C19H36N8OS2/c1-16(17(2)23-25-19(30)21-7-11-26-8-3-4-9-26)22-24-18(29)20-6-5-10-27-12-14-28-15-13-27/h3-15H2,1-2H3,(H2,20,24,29)(H2,21,25,30)/b22-16+,23-17+. The number of thiocarbonyl (C=S) groups is 2. The monoisotopic (exact) mass is 456 g/mol. The highest BCUT2D eigenvalue weighted by Crippen LogP contribution is 2.05. The van der Waals surface area contributed by atoms with E-state index in [1.165, 1.54) is 25.9 Å². The lowest BCUT2D eigenvalue weighted by Gasteiger charge is -2.26. The van der Waals surface area contributed by atoms with Gasteiger partial charge < -0.3 is 20.3 Å². The van der Waals surface area contributed by atoms with Crippen molar-refractivity contribution in [2.45, 2.75) is 33.1 Å². The van der Waals surface area contributed by atoms with Gasteiger partial charge in [-0.2, -0.15) is 10.2 Å². The molecule has 2 saturated heterocycles. The number of likely N-dealkylation sites (tertiary alicyclic amines) is 1. The fraction of sp³-hybridized carbons (Fsp3) is 0.789. The fourth-order valence-electron chi connectivity index (χ4n) is 3.17. The maximum absolute atomic E-state index is 5.36. The minimum absolute atomic E-state index is 0.510. The Balaban J connectivity index is 1.55. The lowest BCUT2D eigenvalue weighted by atomic mass is 10.3. The highest BCUT2D eigenvalue weighted by molar-refractivity contribution is 7.80. The average Bonchev–Trinajstić information content (AvgIpc) is 3.27. The minimum Gasteiger partial charge on any atom is -0.379 e. The Morgan fingerprint density at radius 1 is 0.800 bits per heavy atom. The van der Waals surface area contributed by atoms with Crippen LogP contribution in [0.1, 0.15) is 33.1 Å². The van der Waals surface area contributed by atoms with Gasteiger partial charge in [-0.05, 0) is 77.2 Å². The van der Waals surface area contributed by atoms with Gasteiger partial charge in [0.2, 0.25) is 0 Å². The second-order valence-corrected chi connectivity index (χ2v) is 8.30. The zero-order chi connectivity index (χ0) is 21.6. The van der Waals surface area contributed by atoms with E-state index in [0.29, 0.717) is 10.2 Å². The van der Waals surface area contributed by atoms with Gasteiger partial charge in [-0.3, -0.25) is 15.8 Å². The maximum atomic E-state index is 5.36. The molecule has 9 nitrogen and oxygen atoms in total. The van der Waals surface area contributed by atoms with E-state index in [2.05, 4.69) is 41.5 Å². The molecule has 4 N–H and O–H groups in total. The van der Waals surface area contributed by atoms with E-state index in [0.717, 1.165) is 70.3 Å². The van der Waals surface area contributed by atoms with E-state index in [9.17, 15) is 0 Å². The summed E-state index contributed by atoms with van der Waals surface area (Å²) in [5.74, 6) is 0. The van der Waals surface area contributed by atoms with Crippen LogP contribution in [0.25, 0.3) is 0 Å². The predicted molar refractivity (Wildman–Crippen MR) is 131 cm³/mol. The van der Waals surface area contributed by atoms with Gasteiger partial charge in [-0.15, -0.1) is 0 Å². The lowest BCUT2D eigenvalue weighted by Crippen LogP contribution is -2.39. The minimum atomic E-state index is 0.510. The van der Waals surface area contributed by atoms with Crippen LogP contribution in [0.2, 0.25) is 0 Å². The Hall–Kier alpha value is -1.40. The molecule has 170 valence electrons. The molecule has 0 bridgehead atoms. The van der Waals surface area contributed by atoms with Crippen LogP contribution in [-0.4, -0.2) is 97.0 Å². The molecular formula is C19H36N8OS2. The summed E-state index contributed by atoms with van der Waals surface area (Å²) in [5, 5.41) is 15.9. The summed E-state index contributed by atoms with van der Waals surface area (Å²) in [7, 11) is 0. The molecule has 0 unspecified atom stereocenters. The number of hydrazone groups is 2. The topological polar surface area (TPSA) is 88.5 Å². The molecule has 0 aromatic carbocycles. The highest BCUT2D eigenvalue weighted by atomic mass is 32.1. The van der Waals surface area contributed by atoms with Crippen LogP contribution in [0.4, 0.5) is 0 Å². The number of ether oxygens (including phenoxy) is 1. The summed E-state index contributed by atoms with van der Waals surface area (Å²) >= 11 is 10.5. The van der Waals surface area contributed by atoms with E-state index in [-0.39, 0.29) is 0 Å². The molecule has 0 spiro atoms. The van der Waals surface area contributed by atoms with Crippen LogP contribution in [0.15, 0.2) is 10.2 Å². The molecule has 0 saturated carbocycles. The van der Waals surface area contributed by atoms with Crippen LogP contribution in [0.5, 0.6) is 0 Å². The van der Waals surface area contributed by atoms with Crippen molar-refractivity contribution in [3.63, 3.8) is 0 Å². The Labute approximate surface area is 191 Å². The number of rotatable bonds is 10. The molecule has 2 aliphatic heterocycles. The molecule has 0 aliphatic carbocycles. The predicted octanol–water partition coefficient (Wildman–Crippen LogP) is 0.485. The van der Waals surface area contributed by atoms with Crippen molar-refractivity contribution in [1.29, 1.82) is 0 Å². The van der Waals surface area contributed by atoms with Crippen molar-refractivity contribution in [3.8, 4) is 0 Å². The first-order valence-electron chi connectivity index (χ1n) is 10.7. The van der Waals surface area contributed by atoms with E-state index in [1.54, 1.807) is 0 Å². The Kier molecular flexibility index (Phi) is 12.1. The van der Waals surface area contributed by atoms with Gasteiger partial charge in [0.25, 0.3) is 0 Å². The molecule has 30 heavy (non-hydrogen) atoms. The Bertz CT molecular complexity index is 601. The van der Waals surface area contributed by atoms with Crippen molar-refractivity contribution in [2.75, 3.05) is 65.6 Å². The molecule has 2 rings (SSSR count). The maximum Gasteiger partial charge on any atom is 0.187 e. The molecule has 0 aromatic rings. The van der Waals surface area contributed by atoms with Crippen molar-refractivity contribution in [3.05, 3.63) is 0 Å². The third kappa shape index (κ3) is 10.6. The van der Waals surface area contributed by atoms with Gasteiger partial charge in [0.05, 0.1) is 24.6 Å². The number of morpholine rings is 1. The second-order valence-electron chi connectivity index (χ2n) is 7.49. The summed E-state index contributed by atoms with van der Waals surface area (Å²) < 4.78 is 5.36. The van der Waals surface area contributed by atoms with E-state index >= 15 is 0 Å². The number of hydrogen-bond donors (Lipinski definition) is 4. The smallest absolute Gasteiger partial charge is 0.187 e. The van der Waals surface area contributed by atoms with E-state index in [4.69, 9.17) is 29.2 Å². The van der Waals surface area contributed by atoms with Crippen molar-refractivity contribution >= 4 is 46.1 Å². The van der Waals surface area contributed by atoms with Gasteiger partial charge in [0, 0.05) is 32.7 Å². The summed E-state index contributed by atoms with van der Waals surface area (Å²) in [6, 6.07) is 0. The van der Waals surface area contributed by atoms with E-state index in [1.807, 2.05) is 13.8 Å². The summed E-state index contributed by atoms with van der Waals surface area (Å²) in [5.41, 5.74) is 7.21. The lowest BCUT2D eigenvalue weighted by molar-refractivity contribution is 0.0376. The number of nitrogens with one attached hydrogen (secondary N) is 4. The third-order valence-electron chi connectivity index (χ3n) is 5.13. The molecule has 0 aromatic heterocycles. The molecule has 0 atom stereocenters. The van der Waals surface area contributed by atoms with Crippen LogP contribution in [0.3, 0.4) is 0 Å². The first-order chi connectivity index (χ1) is 14.5. The SMILES string of the molecule is CC(=N\NC(=S)NCCCN1CCOCC1)/C(C)=N/NC(=S)NCCN1CCCC1. The molecule has 0 amide bonds. The van der Waals surface area contributed by atoms with Gasteiger partial charge in [-0.25, -0.2) is 0 Å². The highest BCUT2D eigenvalue weighted by Gasteiger charge is 2.11. The molecular weight excluding hydrogens is 420 g/mol. The average molecular weight is 457 g/mol. The van der Waals surface area contributed by atoms with Crippen molar-refractivity contribution in [1.82, 2.24) is 31.3 Å². The molecule has 2 aliphatic rings. The molecule has 2 heterocycles. The zero-order valence-corrected chi connectivity index (χ0v) is 19.8. The van der Waals surface area contributed by atoms with Gasteiger partial charge in [-0.1, -0.05) is 0 Å². The van der Waals surface area contributed by atoms with Crippen molar-refractivity contribution in [2.24, 2.45) is 10.2 Å². The second kappa shape index (κ2) is 14.6. The Morgan fingerprint density at radius 3 is 1.93 bits per heavy atom. The van der Waals surface area contributed by atoms with Crippen molar-refractivity contribution < 1.29 is 4.74 Å². The summed E-state index contributed by atoms with van der Waals surface area (Å²) in [6.07, 6.45) is 3.62. The first-order valence-corrected chi connectivity index (χ1v) is 11.6. The quantitative estimate of drug-likeness (QED) is 0.162. The first kappa shape index (κ1) is 24.9. The summed E-state index contributed by atoms with van der Waals surface area (Å²) in [6.45, 7) is 13.5. The van der Waals surface area contributed by atoms with Crippen LogP contribution in [0, 0.1) is 0 Å². The van der Waals surface area contributed by atoms with Crippen LogP contribution >= 0.6 is 24.4 Å². The van der Waals surface area contributed by atoms with Gasteiger partial charge in [0.1, 0.15) is 0 Å². The van der Waals surface area contributed by atoms with Crippen LogP contribution in [-0.2, 0) is 4.74 Å². The molecule has 11 heteroatoms. The van der Waals surface area contributed by atoms with Crippen LogP contribution < -0.4 is 21.5 Å². The number of nitrogens with zero attached hydrogens (tertiary/aromatic N) is 4.